The molecule has 0 radical (unpaired) electrons. The molecule has 1 aromatic heterocycles. The number of anilines is 1. The first-order valence-corrected chi connectivity index (χ1v) is 8.94. The molecule has 9 heteroatoms. The number of imidazole rings is 1. The van der Waals surface area contributed by atoms with Crippen LogP contribution in [0.25, 0.3) is 11.0 Å². The molecule has 2 aromatic rings. The third kappa shape index (κ3) is 4.19. The molecule has 1 saturated heterocycles. The summed E-state index contributed by atoms with van der Waals surface area (Å²) in [5.74, 6) is -0.0532. The molecule has 3 rings (SSSR count). The van der Waals surface area contributed by atoms with E-state index in [1.807, 2.05) is 4.90 Å². The quantitative estimate of drug-likeness (QED) is 0.813. The van der Waals surface area contributed by atoms with Gasteiger partial charge in [0.1, 0.15) is 18.5 Å². The number of halogens is 2. The highest BCUT2D eigenvalue weighted by Crippen LogP contribution is 2.26. The summed E-state index contributed by atoms with van der Waals surface area (Å²) in [4.78, 5) is 20.6. The second-order valence-corrected chi connectivity index (χ2v) is 6.85. The number of nitrogens with zero attached hydrogens (tertiary/aromatic N) is 4. The van der Waals surface area contributed by atoms with Gasteiger partial charge in [-0.05, 0) is 24.6 Å². The predicted molar refractivity (Wildman–Crippen MR) is 98.9 cm³/mol. The highest BCUT2D eigenvalue weighted by atomic mass is 19.1. The van der Waals surface area contributed by atoms with Gasteiger partial charge in [0.25, 0.3) is 0 Å². The van der Waals surface area contributed by atoms with Crippen LogP contribution in [0.4, 0.5) is 14.7 Å². The Bertz CT molecular complexity index is 812. The zero-order valence-electron chi connectivity index (χ0n) is 15.6. The molecule has 2 heterocycles. The molecule has 27 heavy (non-hydrogen) atoms. The molecule has 1 fully saturated rings. The number of rotatable bonds is 6. The Morgan fingerprint density at radius 2 is 2.26 bits per heavy atom. The number of amides is 1. The Morgan fingerprint density at radius 1 is 1.48 bits per heavy atom. The molecule has 0 unspecified atom stereocenters. The van der Waals surface area contributed by atoms with Crippen LogP contribution in [0.5, 0.6) is 0 Å². The number of ether oxygens (including phenoxy) is 1. The van der Waals surface area contributed by atoms with Crippen molar-refractivity contribution in [3.8, 4) is 0 Å². The Labute approximate surface area is 156 Å². The van der Waals surface area contributed by atoms with Crippen LogP contribution in [0.15, 0.2) is 18.2 Å². The fourth-order valence-electron chi connectivity index (χ4n) is 3.22. The number of hydrogen-bond donors (Lipinski definition) is 1. The third-order valence-corrected chi connectivity index (χ3v) is 4.89. The molecule has 1 aliphatic rings. The van der Waals surface area contributed by atoms with Gasteiger partial charge in [0.15, 0.2) is 0 Å². The Kier molecular flexibility index (Phi) is 5.91. The van der Waals surface area contributed by atoms with E-state index in [9.17, 15) is 13.6 Å². The monoisotopic (exact) mass is 381 g/mol. The number of carbonyl (C=O) groups is 1. The van der Waals surface area contributed by atoms with E-state index in [4.69, 9.17) is 10.5 Å². The number of benzene rings is 1. The van der Waals surface area contributed by atoms with Gasteiger partial charge in [0.05, 0.1) is 23.7 Å². The van der Waals surface area contributed by atoms with Crippen LogP contribution in [0.3, 0.4) is 0 Å². The molecule has 7 nitrogen and oxygen atoms in total. The predicted octanol–water partition coefficient (Wildman–Crippen LogP) is 1.16. The van der Waals surface area contributed by atoms with Gasteiger partial charge in [0.2, 0.25) is 11.9 Å². The van der Waals surface area contributed by atoms with Crippen LogP contribution in [0.1, 0.15) is 6.42 Å². The van der Waals surface area contributed by atoms with Crippen LogP contribution in [-0.4, -0.2) is 73.0 Å². The summed E-state index contributed by atoms with van der Waals surface area (Å²) in [6.07, 6.45) is -0.765. The van der Waals surface area contributed by atoms with Crippen molar-refractivity contribution < 1.29 is 18.3 Å². The van der Waals surface area contributed by atoms with E-state index < -0.39 is 18.0 Å². The number of piperidine rings is 1. The molecule has 1 aromatic carbocycles. The summed E-state index contributed by atoms with van der Waals surface area (Å²) < 4.78 is 34.2. The average molecular weight is 381 g/mol. The van der Waals surface area contributed by atoms with Crippen molar-refractivity contribution in [2.24, 2.45) is 5.73 Å². The maximum Gasteiger partial charge on any atom is 0.242 e. The van der Waals surface area contributed by atoms with E-state index in [1.54, 1.807) is 29.7 Å². The number of likely N-dealkylation sites (N-methyl/N-ethyl adjacent to an activating group) is 1. The smallest absolute Gasteiger partial charge is 0.242 e. The Hall–Kier alpha value is -2.26. The number of nitrogens with two attached hydrogens (primary N) is 1. The van der Waals surface area contributed by atoms with Gasteiger partial charge >= 0.3 is 0 Å². The number of methoxy groups -OCH3 is 1. The van der Waals surface area contributed by atoms with Crippen molar-refractivity contribution in [1.82, 2.24) is 14.5 Å². The highest BCUT2D eigenvalue weighted by molar-refractivity contribution is 5.83. The molecule has 0 spiro atoms. The second kappa shape index (κ2) is 8.18. The van der Waals surface area contributed by atoms with E-state index in [0.29, 0.717) is 49.6 Å². The Morgan fingerprint density at radius 3 is 2.96 bits per heavy atom. The maximum absolute atomic E-state index is 13.8. The van der Waals surface area contributed by atoms with Crippen LogP contribution in [0.2, 0.25) is 0 Å². The fraction of sp³-hybridized carbons (Fsp3) is 0.556. The van der Waals surface area contributed by atoms with Crippen molar-refractivity contribution in [2.45, 2.75) is 25.2 Å². The van der Waals surface area contributed by atoms with E-state index >= 15 is 0 Å². The van der Waals surface area contributed by atoms with Crippen molar-refractivity contribution in [2.75, 3.05) is 45.3 Å². The van der Waals surface area contributed by atoms with E-state index in [1.165, 1.54) is 12.1 Å². The van der Waals surface area contributed by atoms with Crippen molar-refractivity contribution in [3.05, 3.63) is 24.0 Å². The largest absolute Gasteiger partial charge is 0.383 e. The van der Waals surface area contributed by atoms with E-state index in [0.717, 1.165) is 0 Å². The Balaban J connectivity index is 1.93. The normalized spacial score (nSPS) is 20.3. The van der Waals surface area contributed by atoms with Gasteiger partial charge in [-0.3, -0.25) is 4.79 Å². The summed E-state index contributed by atoms with van der Waals surface area (Å²) in [5.41, 5.74) is 6.98. The molecule has 148 valence electrons. The summed E-state index contributed by atoms with van der Waals surface area (Å²) in [5, 5.41) is 0. The van der Waals surface area contributed by atoms with Gasteiger partial charge in [0, 0.05) is 33.8 Å². The lowest BCUT2D eigenvalue weighted by Crippen LogP contribution is -2.50. The number of carbonyl (C=O) groups excluding carboxylic acids is 1. The highest BCUT2D eigenvalue weighted by Gasteiger charge is 2.29. The lowest BCUT2D eigenvalue weighted by atomic mass is 10.1. The third-order valence-electron chi connectivity index (χ3n) is 4.89. The number of hydrogen-bond acceptors (Lipinski definition) is 5. The zero-order valence-corrected chi connectivity index (χ0v) is 15.6. The van der Waals surface area contributed by atoms with Gasteiger partial charge in [-0.15, -0.1) is 0 Å². The van der Waals surface area contributed by atoms with Crippen molar-refractivity contribution in [1.29, 1.82) is 0 Å². The van der Waals surface area contributed by atoms with E-state index in [2.05, 4.69) is 4.98 Å². The summed E-state index contributed by atoms with van der Waals surface area (Å²) in [6.45, 7) is 1.60. The van der Waals surface area contributed by atoms with Crippen molar-refractivity contribution >= 4 is 22.9 Å². The lowest BCUT2D eigenvalue weighted by Gasteiger charge is -2.34. The van der Waals surface area contributed by atoms with Gasteiger partial charge < -0.3 is 24.8 Å². The minimum atomic E-state index is -1.06. The van der Waals surface area contributed by atoms with Crippen LogP contribution in [0, 0.1) is 5.82 Å². The van der Waals surface area contributed by atoms with Crippen molar-refractivity contribution in [3.63, 3.8) is 0 Å². The van der Waals surface area contributed by atoms with E-state index in [-0.39, 0.29) is 12.5 Å². The molecule has 0 bridgehead atoms. The molecule has 1 amide bonds. The first kappa shape index (κ1) is 19.5. The molecule has 1 aliphatic heterocycles. The van der Waals surface area contributed by atoms with Crippen LogP contribution >= 0.6 is 0 Å². The van der Waals surface area contributed by atoms with Crippen LogP contribution < -0.4 is 10.6 Å². The SMILES string of the molecule is COCCN(C)C(=O)Cn1c(N2CC[C@@H](F)[C@H](N)C2)nc2ccc(F)cc21. The molecule has 2 atom stereocenters. The van der Waals surface area contributed by atoms with Gasteiger partial charge in [-0.1, -0.05) is 0 Å². The summed E-state index contributed by atoms with van der Waals surface area (Å²) in [6, 6.07) is 3.64. The average Bonchev–Trinajstić information content (AvgIpc) is 2.99. The lowest BCUT2D eigenvalue weighted by molar-refractivity contribution is -0.131. The van der Waals surface area contributed by atoms with Crippen LogP contribution in [-0.2, 0) is 16.1 Å². The van der Waals surface area contributed by atoms with Gasteiger partial charge in [-0.25, -0.2) is 13.8 Å². The molecular formula is C18H25F2N5O2. The summed E-state index contributed by atoms with van der Waals surface area (Å²) in [7, 11) is 3.26. The standard InChI is InChI=1S/C18H25F2N5O2/c1-23(7-8-27-2)17(26)11-25-16-9-12(19)3-4-15(16)22-18(25)24-6-5-13(20)14(21)10-24/h3-4,9,13-14H,5-8,10-11,21H2,1-2H3/t13-,14-/m1/s1. The number of aromatic nitrogens is 2. The molecule has 2 N–H and O–H groups in total. The number of fused-ring (bicyclic) bond motifs is 1. The fourth-order valence-corrected chi connectivity index (χ4v) is 3.22. The minimum Gasteiger partial charge on any atom is -0.383 e. The topological polar surface area (TPSA) is 76.6 Å². The molecule has 0 aliphatic carbocycles. The van der Waals surface area contributed by atoms with Gasteiger partial charge in [-0.2, -0.15) is 0 Å². The summed E-state index contributed by atoms with van der Waals surface area (Å²) >= 11 is 0. The minimum absolute atomic E-state index is 0.000290. The maximum atomic E-state index is 13.8. The second-order valence-electron chi connectivity index (χ2n) is 6.85. The number of alkyl halides is 1. The molecular weight excluding hydrogens is 356 g/mol. The first-order chi connectivity index (χ1) is 12.9. The first-order valence-electron chi connectivity index (χ1n) is 8.94. The molecule has 0 saturated carbocycles. The zero-order chi connectivity index (χ0) is 19.6.